The van der Waals surface area contributed by atoms with Gasteiger partial charge in [0, 0.05) is 3.92 Å². The molecule has 0 aromatic rings. The lowest BCUT2D eigenvalue weighted by Crippen LogP contribution is -1.97. The summed E-state index contributed by atoms with van der Waals surface area (Å²) in [6.45, 7) is 0. The van der Waals surface area contributed by atoms with Crippen LogP contribution in [0.3, 0.4) is 0 Å². The third kappa shape index (κ3) is 1.04. The van der Waals surface area contributed by atoms with Crippen LogP contribution in [0.4, 0.5) is 0 Å². The van der Waals surface area contributed by atoms with Crippen molar-refractivity contribution in [1.82, 2.24) is 0 Å². The molecule has 0 saturated heterocycles. The van der Waals surface area contributed by atoms with Crippen LogP contribution >= 0.6 is 22.6 Å². The Hall–Kier alpha value is 0.210. The van der Waals surface area contributed by atoms with Gasteiger partial charge in [0.05, 0.1) is 0 Å². The molecule has 0 bridgehead atoms. The highest BCUT2D eigenvalue weighted by atomic mass is 127. The smallest absolute Gasteiger partial charge is 0.0327 e. The first-order valence-corrected chi connectivity index (χ1v) is 5.15. The number of allylic oxidation sites excluding steroid dienone is 4. The fourth-order valence-corrected chi connectivity index (χ4v) is 2.81. The standard InChI is InChI=1S/C9H11I/c10-9-6-5-7-3-1-2-4-8(7)9/h1,3,9H,2,4-6H2. The Balaban J connectivity index is 2.29. The second kappa shape index (κ2) is 2.68. The van der Waals surface area contributed by atoms with Crippen LogP contribution in [0.25, 0.3) is 0 Å². The van der Waals surface area contributed by atoms with Crippen LogP contribution in [-0.4, -0.2) is 3.92 Å². The van der Waals surface area contributed by atoms with E-state index in [0.29, 0.717) is 0 Å². The van der Waals surface area contributed by atoms with Crippen LogP contribution in [0.15, 0.2) is 23.3 Å². The molecule has 0 amide bonds. The second-order valence-electron chi connectivity index (χ2n) is 3.00. The van der Waals surface area contributed by atoms with Gasteiger partial charge in [-0.15, -0.1) is 0 Å². The van der Waals surface area contributed by atoms with Gasteiger partial charge in [-0.3, -0.25) is 0 Å². The van der Waals surface area contributed by atoms with Crippen LogP contribution in [0.5, 0.6) is 0 Å². The maximum Gasteiger partial charge on any atom is 0.0327 e. The molecule has 1 heteroatoms. The summed E-state index contributed by atoms with van der Waals surface area (Å²) in [7, 11) is 0. The van der Waals surface area contributed by atoms with Gasteiger partial charge < -0.3 is 0 Å². The van der Waals surface area contributed by atoms with Crippen LogP contribution in [0, 0.1) is 0 Å². The third-order valence-corrected chi connectivity index (χ3v) is 3.73. The summed E-state index contributed by atoms with van der Waals surface area (Å²) in [4.78, 5) is 0. The Bertz CT molecular complexity index is 201. The normalized spacial score (nSPS) is 31.1. The molecule has 0 radical (unpaired) electrons. The molecule has 2 rings (SSSR count). The highest BCUT2D eigenvalue weighted by molar-refractivity contribution is 14.1. The lowest BCUT2D eigenvalue weighted by Gasteiger charge is -2.10. The molecule has 0 aromatic heterocycles. The predicted molar refractivity (Wildman–Crippen MR) is 52.4 cm³/mol. The van der Waals surface area contributed by atoms with Crippen molar-refractivity contribution >= 4 is 22.6 Å². The molecular formula is C9H11I. The van der Waals surface area contributed by atoms with E-state index < -0.39 is 0 Å². The van der Waals surface area contributed by atoms with Crippen LogP contribution in [0.2, 0.25) is 0 Å². The number of rotatable bonds is 0. The van der Waals surface area contributed by atoms with Crippen molar-refractivity contribution in [3.05, 3.63) is 23.3 Å². The van der Waals surface area contributed by atoms with E-state index in [9.17, 15) is 0 Å². The molecule has 10 heavy (non-hydrogen) atoms. The summed E-state index contributed by atoms with van der Waals surface area (Å²) >= 11 is 2.57. The number of alkyl halides is 1. The van der Waals surface area contributed by atoms with Gasteiger partial charge in [0.25, 0.3) is 0 Å². The Morgan fingerprint density at radius 2 is 2.30 bits per heavy atom. The Morgan fingerprint density at radius 1 is 1.40 bits per heavy atom. The van der Waals surface area contributed by atoms with Crippen molar-refractivity contribution in [3.8, 4) is 0 Å². The Morgan fingerprint density at radius 3 is 3.10 bits per heavy atom. The fourth-order valence-electron chi connectivity index (χ4n) is 1.79. The van der Waals surface area contributed by atoms with Gasteiger partial charge in [-0.1, -0.05) is 40.3 Å². The molecule has 0 aliphatic heterocycles. The average molecular weight is 246 g/mol. The van der Waals surface area contributed by atoms with Crippen molar-refractivity contribution in [2.45, 2.75) is 29.6 Å². The molecule has 2 aliphatic carbocycles. The van der Waals surface area contributed by atoms with Crippen molar-refractivity contribution in [1.29, 1.82) is 0 Å². The van der Waals surface area contributed by atoms with E-state index in [0.717, 1.165) is 3.92 Å². The molecule has 0 aromatic carbocycles. The minimum Gasteiger partial charge on any atom is -0.0839 e. The van der Waals surface area contributed by atoms with Gasteiger partial charge in [-0.2, -0.15) is 0 Å². The molecule has 0 fully saturated rings. The van der Waals surface area contributed by atoms with E-state index in [4.69, 9.17) is 0 Å². The SMILES string of the molecule is IC1CCC2=C1CCC=C2. The molecule has 2 aliphatic rings. The van der Waals surface area contributed by atoms with E-state index >= 15 is 0 Å². The largest absolute Gasteiger partial charge is 0.0839 e. The maximum absolute atomic E-state index is 2.57. The summed E-state index contributed by atoms with van der Waals surface area (Å²) in [6, 6.07) is 0. The quantitative estimate of drug-likeness (QED) is 0.454. The van der Waals surface area contributed by atoms with Crippen LogP contribution < -0.4 is 0 Å². The molecule has 0 nitrogen and oxygen atoms in total. The van der Waals surface area contributed by atoms with Crippen molar-refractivity contribution in [2.24, 2.45) is 0 Å². The topological polar surface area (TPSA) is 0 Å². The van der Waals surface area contributed by atoms with Gasteiger partial charge >= 0.3 is 0 Å². The summed E-state index contributed by atoms with van der Waals surface area (Å²) in [5.41, 5.74) is 3.38. The maximum atomic E-state index is 2.57. The monoisotopic (exact) mass is 246 g/mol. The highest BCUT2D eigenvalue weighted by Crippen LogP contribution is 2.37. The van der Waals surface area contributed by atoms with E-state index in [1.54, 1.807) is 11.1 Å². The number of hydrogen-bond donors (Lipinski definition) is 0. The van der Waals surface area contributed by atoms with Crippen molar-refractivity contribution in [3.63, 3.8) is 0 Å². The van der Waals surface area contributed by atoms with Gasteiger partial charge in [-0.05, 0) is 31.3 Å². The zero-order valence-electron chi connectivity index (χ0n) is 5.94. The molecule has 0 N–H and O–H groups in total. The predicted octanol–water partition coefficient (Wildman–Crippen LogP) is 3.23. The zero-order valence-corrected chi connectivity index (χ0v) is 8.10. The molecule has 1 unspecified atom stereocenters. The van der Waals surface area contributed by atoms with Gasteiger partial charge in [0.2, 0.25) is 0 Å². The lowest BCUT2D eigenvalue weighted by molar-refractivity contribution is 0.894. The number of hydrogen-bond acceptors (Lipinski definition) is 0. The molecule has 0 saturated carbocycles. The van der Waals surface area contributed by atoms with E-state index in [2.05, 4.69) is 34.7 Å². The molecular weight excluding hydrogens is 235 g/mol. The van der Waals surface area contributed by atoms with Crippen LogP contribution in [-0.2, 0) is 0 Å². The zero-order chi connectivity index (χ0) is 6.97. The first-order valence-electron chi connectivity index (χ1n) is 3.90. The summed E-state index contributed by atoms with van der Waals surface area (Å²) < 4.78 is 0.859. The third-order valence-electron chi connectivity index (χ3n) is 2.36. The number of halogens is 1. The Labute approximate surface area is 75.5 Å². The van der Waals surface area contributed by atoms with E-state index in [-0.39, 0.29) is 0 Å². The summed E-state index contributed by atoms with van der Waals surface area (Å²) in [5.74, 6) is 0. The van der Waals surface area contributed by atoms with Crippen LogP contribution in [0.1, 0.15) is 25.7 Å². The summed E-state index contributed by atoms with van der Waals surface area (Å²) in [5, 5.41) is 0. The van der Waals surface area contributed by atoms with Crippen molar-refractivity contribution < 1.29 is 0 Å². The first-order chi connectivity index (χ1) is 4.88. The van der Waals surface area contributed by atoms with E-state index in [1.165, 1.54) is 25.7 Å². The summed E-state index contributed by atoms with van der Waals surface area (Å²) in [6.07, 6.45) is 9.97. The minimum absolute atomic E-state index is 0.859. The average Bonchev–Trinajstić information content (AvgIpc) is 2.34. The lowest BCUT2D eigenvalue weighted by atomic mass is 10.0. The van der Waals surface area contributed by atoms with Gasteiger partial charge in [0.15, 0.2) is 0 Å². The highest BCUT2D eigenvalue weighted by Gasteiger charge is 2.22. The Kier molecular flexibility index (Phi) is 1.85. The van der Waals surface area contributed by atoms with Crippen molar-refractivity contribution in [2.75, 3.05) is 0 Å². The molecule has 0 heterocycles. The second-order valence-corrected chi connectivity index (χ2v) is 4.50. The minimum atomic E-state index is 0.859. The van der Waals surface area contributed by atoms with Gasteiger partial charge in [-0.25, -0.2) is 0 Å². The first kappa shape index (κ1) is 6.89. The molecule has 54 valence electrons. The fraction of sp³-hybridized carbons (Fsp3) is 0.556. The van der Waals surface area contributed by atoms with Gasteiger partial charge in [0.1, 0.15) is 0 Å². The molecule has 1 atom stereocenters. The molecule has 0 spiro atoms. The van der Waals surface area contributed by atoms with E-state index in [1.807, 2.05) is 0 Å².